The molecule has 4 amide bonds. The number of hydrogen-bond acceptors (Lipinski definition) is 41. The summed E-state index contributed by atoms with van der Waals surface area (Å²) in [4.78, 5) is 66.0. The summed E-state index contributed by atoms with van der Waals surface area (Å²) < 4.78 is 323. The SMILES string of the molecule is CC[C@]1(C(=O)O)O[C@@H](O[C@H]2[C@H](OS(=O)(=O)O)[C@@H](OS(=O)(=O)O)[C@@H](O[C@H]3[C@H](OC)[C@H]4OC[C@]3(C(=O)O)OC4O[C@H]3[C@H](OC)[C@@H](OS(=O)(=O)O)[C@@H](OC)O[C@@H]3COS(=O)(=O)O)O[C@@H]2COS(=O)(=O)O)[C@H](OC)[C@@H](OC)[C@@H]1O[C@@H]1O[C@H](COS(=O)(=O)O)[C@@H](O)[C@H](O)[C@H]1NC(=O)CCCCCNC(=O)CCCCC1SCC2NC(=O)NC21. The van der Waals surface area contributed by atoms with Crippen LogP contribution in [0.1, 0.15) is 64.7 Å². The second kappa shape index (κ2) is 39.1. The first kappa shape index (κ1) is 94.5. The van der Waals surface area contributed by atoms with Crippen LogP contribution in [0, 0.1) is 0 Å². The summed E-state index contributed by atoms with van der Waals surface area (Å²) in [6, 6.07) is -2.16. The normalized spacial score (nSPS) is 37.8. The minimum atomic E-state index is -6.23. The number of hydrogen-bond donors (Lipinski definition) is 14. The van der Waals surface area contributed by atoms with Crippen molar-refractivity contribution >= 4 is 104 Å². The van der Waals surface area contributed by atoms with Crippen LogP contribution in [0.3, 0.4) is 0 Å². The number of aliphatic hydroxyl groups is 2. The zero-order valence-corrected chi connectivity index (χ0v) is 65.7. The van der Waals surface area contributed by atoms with Gasteiger partial charge in [0.05, 0.1) is 38.5 Å². The van der Waals surface area contributed by atoms with Gasteiger partial charge >= 0.3 is 80.4 Å². The summed E-state index contributed by atoms with van der Waals surface area (Å²) in [5.41, 5.74) is -6.32. The molecule has 9 rings (SSSR count). The number of nitrogens with one attached hydrogen (secondary N) is 4. The van der Waals surface area contributed by atoms with E-state index in [2.05, 4.69) is 33.8 Å². The zero-order valence-electron chi connectivity index (χ0n) is 60.0. The Bertz CT molecular complexity index is 3990. The van der Waals surface area contributed by atoms with Crippen LogP contribution in [0.4, 0.5) is 4.79 Å². The Morgan fingerprint density at radius 1 is 0.513 bits per heavy atom. The third-order valence-electron chi connectivity index (χ3n) is 19.1. The predicted molar refractivity (Wildman–Crippen MR) is 357 cm³/mol. The number of thioether (sulfide) groups is 1. The molecule has 14 N–H and O–H groups in total. The average molecular weight is 1790 g/mol. The zero-order chi connectivity index (χ0) is 83.9. The number of carboxylic acid groups (broad SMARTS) is 2. The predicted octanol–water partition coefficient (Wildman–Crippen LogP) is -6.79. The Morgan fingerprint density at radius 2 is 1.03 bits per heavy atom. The molecule has 4 unspecified atom stereocenters. The van der Waals surface area contributed by atoms with E-state index in [4.69, 9.17) is 83.6 Å². The molecule has 0 aromatic heterocycles. The van der Waals surface area contributed by atoms with Crippen LogP contribution >= 0.6 is 11.8 Å². The highest BCUT2D eigenvalue weighted by atomic mass is 32.3. The van der Waals surface area contributed by atoms with Crippen LogP contribution in [-0.4, -0.2) is 372 Å². The maximum Gasteiger partial charge on any atom is 0.397 e. The van der Waals surface area contributed by atoms with Gasteiger partial charge in [0.15, 0.2) is 49.3 Å². The van der Waals surface area contributed by atoms with E-state index in [1.165, 1.54) is 0 Å². The third-order valence-corrected chi connectivity index (χ3v) is 23.3. The Balaban J connectivity index is 1.07. The molecule has 113 heavy (non-hydrogen) atoms. The van der Waals surface area contributed by atoms with E-state index >= 15 is 0 Å². The lowest BCUT2D eigenvalue weighted by Crippen LogP contribution is -2.78. The largest absolute Gasteiger partial charge is 0.479 e. The molecule has 0 aliphatic carbocycles. The molecule has 0 saturated carbocycles. The standard InChI is InChI=1S/C54H88N4O48S7/c1-7-53(50(63)64)43(100-45-30(32(62)31(61)23(95-45)17-92-108(68,69)70)57-28(60)15-9-8-12-16-55-27(59)14-11-10-13-26-29-22(20-107-26)56-52(67)58-29)37(87-3)39(89-5)48(102-53)99-34-25(19-94-110(74,75)76)97-47(42(106-113(83,84)85)36(34)104-111(77,78)79)101-44-38(88-4)40-49(103-54(44,21-91-40)51(65)66)98-33-24(18-93-109(71,72)73)96-46(90-6)41(35(33)86-2)105-112(80,81)82/h22-26,29-49,61-62H,7-21H2,1-6H3,(H,55,59)(H,57,60)(H,63,64)(H,65,66)(H2,56,58,67)(H,68,69,70)(H,71,72,73)(H,74,75,76)(H,77,78,79)(H,80,81,82)(H,83,84,85)/t22?,23-,24-,25-,26?,29?,30-,31-,32-,33-,34-,35+,36+,37-,38-,39-,40-,41-,42-,43+,44+,45+,46+,47-,48-,49?,53+,54+/m1/s1. The molecule has 0 radical (unpaired) electrons. The molecule has 0 aromatic rings. The van der Waals surface area contributed by atoms with Gasteiger partial charge < -0.3 is 113 Å². The van der Waals surface area contributed by atoms with E-state index in [1.54, 1.807) is 11.8 Å². The van der Waals surface area contributed by atoms with Gasteiger partial charge in [-0.1, -0.05) is 19.8 Å². The fourth-order valence-electron chi connectivity index (χ4n) is 14.1. The molecule has 9 aliphatic heterocycles. The number of aliphatic carboxylic acids is 2. The van der Waals surface area contributed by atoms with Gasteiger partial charge in [-0.3, -0.25) is 36.9 Å². The fourth-order valence-corrected chi connectivity index (χ4v) is 18.0. The third kappa shape index (κ3) is 24.4. The van der Waals surface area contributed by atoms with E-state index in [1.807, 2.05) is 0 Å². The minimum absolute atomic E-state index is 0.0120. The molecule has 59 heteroatoms. The lowest BCUT2D eigenvalue weighted by atomic mass is 9.83. The number of ether oxygens (including phenoxy) is 15. The number of amides is 4. The lowest BCUT2D eigenvalue weighted by Gasteiger charge is -2.57. The molecule has 28 atom stereocenters. The number of fused-ring (bicyclic) bond motifs is 4. The van der Waals surface area contributed by atoms with Crippen molar-refractivity contribution in [2.24, 2.45) is 0 Å². The molecular formula is C54H88N4O48S7. The van der Waals surface area contributed by atoms with E-state index in [0.29, 0.717) is 19.3 Å². The maximum absolute atomic E-state index is 14.1. The molecule has 9 heterocycles. The van der Waals surface area contributed by atoms with E-state index < -0.39 is 266 Å². The summed E-state index contributed by atoms with van der Waals surface area (Å²) >= 11 is 1.74. The Morgan fingerprint density at radius 3 is 1.57 bits per heavy atom. The van der Waals surface area contributed by atoms with Crippen molar-refractivity contribution in [1.29, 1.82) is 0 Å². The Kier molecular flexibility index (Phi) is 32.7. The van der Waals surface area contributed by atoms with Gasteiger partial charge in [-0.05, 0) is 32.1 Å². The van der Waals surface area contributed by atoms with Crippen LogP contribution in [0.5, 0.6) is 0 Å². The molecule has 9 saturated heterocycles. The summed E-state index contributed by atoms with van der Waals surface area (Å²) in [7, 11) is -30.2. The fraction of sp³-hybridized carbons (Fsp3) is 0.907. The molecule has 52 nitrogen and oxygen atoms in total. The van der Waals surface area contributed by atoms with Crippen molar-refractivity contribution in [1.82, 2.24) is 21.3 Å². The quantitative estimate of drug-likeness (QED) is 0.0153. The number of carboxylic acids is 2. The summed E-state index contributed by atoms with van der Waals surface area (Å²) in [5.74, 6) is -4.61. The molecule has 0 spiro atoms. The van der Waals surface area contributed by atoms with Crippen molar-refractivity contribution in [3.8, 4) is 0 Å². The number of aliphatic hydroxyl groups excluding tert-OH is 2. The molecular weight excluding hydrogens is 1700 g/mol. The van der Waals surface area contributed by atoms with Crippen molar-refractivity contribution in [3.63, 3.8) is 0 Å². The van der Waals surface area contributed by atoms with Gasteiger partial charge in [-0.25, -0.2) is 39.5 Å². The van der Waals surface area contributed by atoms with Gasteiger partial charge in [0.1, 0.15) is 97.6 Å². The van der Waals surface area contributed by atoms with Gasteiger partial charge in [-0.15, -0.1) is 0 Å². The first-order valence-electron chi connectivity index (χ1n) is 33.7. The number of carbonyl (C=O) groups is 5. The monoisotopic (exact) mass is 1780 g/mol. The second-order valence-electron chi connectivity index (χ2n) is 26.2. The van der Waals surface area contributed by atoms with E-state index in [-0.39, 0.29) is 55.1 Å². The van der Waals surface area contributed by atoms with Crippen LogP contribution in [-0.2, 0) is 178 Å². The van der Waals surface area contributed by atoms with E-state index in [9.17, 15) is 122 Å². The highest BCUT2D eigenvalue weighted by molar-refractivity contribution is 8.00. The summed E-state index contributed by atoms with van der Waals surface area (Å²) in [6.45, 7) is -4.29. The number of unbranched alkanes of at least 4 members (excludes halogenated alkanes) is 3. The summed E-state index contributed by atoms with van der Waals surface area (Å²) in [6.07, 6.45) is -50.0. The van der Waals surface area contributed by atoms with Crippen molar-refractivity contribution < 1.29 is 218 Å². The van der Waals surface area contributed by atoms with Crippen molar-refractivity contribution in [3.05, 3.63) is 0 Å². The van der Waals surface area contributed by atoms with Crippen molar-refractivity contribution in [2.45, 2.75) is 235 Å². The Hall–Kier alpha value is -3.96. The van der Waals surface area contributed by atoms with Crippen LogP contribution < -0.4 is 21.3 Å². The van der Waals surface area contributed by atoms with Gasteiger partial charge in [0, 0.05) is 65.9 Å². The van der Waals surface area contributed by atoms with E-state index in [0.717, 1.165) is 61.1 Å². The average Bonchev–Trinajstić information content (AvgIpc) is 1.60. The number of carbonyl (C=O) groups excluding carboxylic acids is 3. The summed E-state index contributed by atoms with van der Waals surface area (Å²) in [5, 5.41) is 56.6. The van der Waals surface area contributed by atoms with Crippen LogP contribution in [0.2, 0.25) is 0 Å². The molecule has 9 aliphatic rings. The van der Waals surface area contributed by atoms with Crippen molar-refractivity contribution in [2.75, 3.05) is 74.3 Å². The Labute approximate surface area is 649 Å². The maximum atomic E-state index is 14.1. The highest BCUT2D eigenvalue weighted by Crippen LogP contribution is 2.47. The van der Waals surface area contributed by atoms with Gasteiger partial charge in [-0.2, -0.15) is 62.3 Å². The number of urea groups is 1. The number of methoxy groups -OCH3 is 5. The smallest absolute Gasteiger partial charge is 0.397 e. The van der Waals surface area contributed by atoms with Gasteiger partial charge in [0.2, 0.25) is 17.4 Å². The molecule has 654 valence electrons. The lowest BCUT2D eigenvalue weighted by molar-refractivity contribution is -0.429. The highest BCUT2D eigenvalue weighted by Gasteiger charge is 2.70. The topological polar surface area (TPSA) is 734 Å². The minimum Gasteiger partial charge on any atom is -0.479 e. The van der Waals surface area contributed by atoms with Crippen LogP contribution in [0.15, 0.2) is 0 Å². The second-order valence-corrected chi connectivity index (χ2v) is 33.9. The first-order chi connectivity index (χ1) is 52.6. The van der Waals surface area contributed by atoms with Gasteiger partial charge in [0.25, 0.3) is 0 Å². The molecule has 9 fully saturated rings. The first-order valence-corrected chi connectivity index (χ1v) is 43.0. The number of rotatable bonds is 43. The molecule has 2 bridgehead atoms. The van der Waals surface area contributed by atoms with Crippen LogP contribution in [0.25, 0.3) is 0 Å². The molecule has 0 aromatic carbocycles.